The molecule has 1 nitrogen and oxygen atoms in total. The summed E-state index contributed by atoms with van der Waals surface area (Å²) in [7, 11) is 0. The van der Waals surface area contributed by atoms with E-state index in [1.165, 1.54) is 11.1 Å². The number of rotatable bonds is 4. The van der Waals surface area contributed by atoms with Crippen molar-refractivity contribution in [1.29, 1.82) is 0 Å². The second-order valence-electron chi connectivity index (χ2n) is 3.87. The highest BCUT2D eigenvalue weighted by Gasteiger charge is 1.91. The van der Waals surface area contributed by atoms with Crippen LogP contribution in [0.1, 0.15) is 13.3 Å². The second-order valence-corrected chi connectivity index (χ2v) is 3.87. The van der Waals surface area contributed by atoms with Gasteiger partial charge in [-0.15, -0.1) is 0 Å². The number of benzene rings is 2. The van der Waals surface area contributed by atoms with E-state index in [-0.39, 0.29) is 0 Å². The van der Waals surface area contributed by atoms with Crippen molar-refractivity contribution in [2.24, 2.45) is 0 Å². The normalized spacial score (nSPS) is 9.44. The Morgan fingerprint density at radius 1 is 0.833 bits per heavy atom. The molecule has 2 aromatic rings. The lowest BCUT2D eigenvalue weighted by atomic mass is 10.1. The van der Waals surface area contributed by atoms with Gasteiger partial charge in [-0.3, -0.25) is 5.32 Å². The van der Waals surface area contributed by atoms with Crippen molar-refractivity contribution in [2.75, 3.05) is 13.3 Å². The number of hydrogen-bond donors (Lipinski definition) is 1. The summed E-state index contributed by atoms with van der Waals surface area (Å²) < 4.78 is 11.1. The first kappa shape index (κ1) is 14.4. The number of halogens is 1. The highest BCUT2D eigenvalue weighted by Crippen LogP contribution is 2.17. The Morgan fingerprint density at radius 3 is 1.56 bits per heavy atom. The van der Waals surface area contributed by atoms with E-state index in [4.69, 9.17) is 0 Å². The van der Waals surface area contributed by atoms with E-state index in [1.54, 1.807) is 0 Å². The number of nitrogens with one attached hydrogen (secondary N) is 1. The van der Waals surface area contributed by atoms with Crippen LogP contribution >= 0.6 is 0 Å². The van der Waals surface area contributed by atoms with Crippen LogP contribution in [0.2, 0.25) is 0 Å². The minimum Gasteiger partial charge on any atom is -0.290 e. The Balaban J connectivity index is 0.000000232. The average Bonchev–Trinajstić information content (AvgIpc) is 2.48. The topological polar surface area (TPSA) is 12.0 Å². The van der Waals surface area contributed by atoms with Gasteiger partial charge < -0.3 is 0 Å². The Bertz CT molecular complexity index is 358. The summed E-state index contributed by atoms with van der Waals surface area (Å²) in [5, 5.41) is 2.53. The van der Waals surface area contributed by atoms with Crippen molar-refractivity contribution >= 4 is 0 Å². The highest BCUT2D eigenvalue weighted by molar-refractivity contribution is 5.62. The van der Waals surface area contributed by atoms with Crippen molar-refractivity contribution in [3.05, 3.63) is 60.7 Å². The fraction of sp³-hybridized carbons (Fsp3) is 0.250. The quantitative estimate of drug-likeness (QED) is 0.626. The Hall–Kier alpha value is -1.67. The van der Waals surface area contributed by atoms with Crippen molar-refractivity contribution in [3.63, 3.8) is 0 Å². The summed E-state index contributed by atoms with van der Waals surface area (Å²) in [6, 6.07) is 20.8. The van der Waals surface area contributed by atoms with Gasteiger partial charge in [0.1, 0.15) is 6.80 Å². The van der Waals surface area contributed by atoms with Gasteiger partial charge in [0.25, 0.3) is 0 Å². The Labute approximate surface area is 109 Å². The fourth-order valence-electron chi connectivity index (χ4n) is 1.50. The molecule has 2 heteroatoms. The lowest BCUT2D eigenvalue weighted by molar-refractivity contribution is 0.426. The molecular formula is C16H20FN. The van der Waals surface area contributed by atoms with Crippen molar-refractivity contribution in [2.45, 2.75) is 13.3 Å². The second kappa shape index (κ2) is 9.37. The van der Waals surface area contributed by atoms with E-state index in [9.17, 15) is 4.39 Å². The number of hydrogen-bond acceptors (Lipinski definition) is 1. The molecule has 0 fully saturated rings. The zero-order valence-electron chi connectivity index (χ0n) is 10.8. The molecule has 0 radical (unpaired) electrons. The molecule has 96 valence electrons. The maximum atomic E-state index is 11.1. The molecule has 0 bridgehead atoms. The molecule has 0 unspecified atom stereocenters. The minimum absolute atomic E-state index is 0.395. The van der Waals surface area contributed by atoms with Gasteiger partial charge in [0.05, 0.1) is 0 Å². The van der Waals surface area contributed by atoms with Crippen LogP contribution in [0.5, 0.6) is 0 Å². The van der Waals surface area contributed by atoms with E-state index >= 15 is 0 Å². The maximum Gasteiger partial charge on any atom is 0.140 e. The van der Waals surface area contributed by atoms with E-state index in [0.717, 1.165) is 13.0 Å². The zero-order chi connectivity index (χ0) is 13.1. The third-order valence-electron chi connectivity index (χ3n) is 2.40. The third-order valence-corrected chi connectivity index (χ3v) is 2.40. The van der Waals surface area contributed by atoms with Crippen molar-refractivity contribution in [3.8, 4) is 11.1 Å². The van der Waals surface area contributed by atoms with E-state index in [2.05, 4.69) is 53.8 Å². The molecule has 1 N–H and O–H groups in total. The lowest BCUT2D eigenvalue weighted by Gasteiger charge is -1.98. The molecular weight excluding hydrogens is 225 g/mol. The largest absolute Gasteiger partial charge is 0.290 e. The smallest absolute Gasteiger partial charge is 0.140 e. The first-order chi connectivity index (χ1) is 8.88. The molecule has 0 aliphatic carbocycles. The molecule has 0 saturated heterocycles. The van der Waals surface area contributed by atoms with Crippen molar-refractivity contribution < 1.29 is 4.39 Å². The van der Waals surface area contributed by atoms with Crippen LogP contribution in [0.25, 0.3) is 11.1 Å². The van der Waals surface area contributed by atoms with Crippen LogP contribution < -0.4 is 5.32 Å². The molecule has 0 aliphatic rings. The molecule has 0 atom stereocenters. The van der Waals surface area contributed by atoms with Gasteiger partial charge in [-0.05, 0) is 24.1 Å². The molecule has 18 heavy (non-hydrogen) atoms. The van der Waals surface area contributed by atoms with Crippen LogP contribution in [0, 0.1) is 0 Å². The SMILES string of the molecule is CCCNCF.c1ccc(-c2ccccc2)cc1. The van der Waals surface area contributed by atoms with E-state index in [1.807, 2.05) is 19.1 Å². The van der Waals surface area contributed by atoms with Gasteiger partial charge in [0, 0.05) is 0 Å². The van der Waals surface area contributed by atoms with Gasteiger partial charge in [0.2, 0.25) is 0 Å². The zero-order valence-corrected chi connectivity index (χ0v) is 10.8. The van der Waals surface area contributed by atoms with Gasteiger partial charge in [-0.1, -0.05) is 67.6 Å². The summed E-state index contributed by atoms with van der Waals surface area (Å²) in [4.78, 5) is 0. The minimum atomic E-state index is -0.395. The monoisotopic (exact) mass is 245 g/mol. The van der Waals surface area contributed by atoms with Gasteiger partial charge in [-0.25, -0.2) is 4.39 Å². The maximum absolute atomic E-state index is 11.1. The first-order valence-electron chi connectivity index (χ1n) is 6.25. The molecule has 0 amide bonds. The van der Waals surface area contributed by atoms with Gasteiger partial charge in [0.15, 0.2) is 0 Å². The molecule has 2 aromatic carbocycles. The standard InChI is InChI=1S/C12H10.C4H10FN/c1-3-7-11(8-4-1)12-9-5-2-6-10-12;1-2-3-6-4-5/h1-10H;6H,2-4H2,1H3. The van der Waals surface area contributed by atoms with Crippen LogP contribution in [-0.4, -0.2) is 13.3 Å². The van der Waals surface area contributed by atoms with E-state index < -0.39 is 6.80 Å². The molecule has 2 rings (SSSR count). The van der Waals surface area contributed by atoms with Crippen LogP contribution in [0.4, 0.5) is 4.39 Å². The predicted octanol–water partition coefficient (Wildman–Crippen LogP) is 4.27. The van der Waals surface area contributed by atoms with E-state index in [0.29, 0.717) is 0 Å². The summed E-state index contributed by atoms with van der Waals surface area (Å²) in [6.45, 7) is 2.40. The first-order valence-corrected chi connectivity index (χ1v) is 6.25. The Kier molecular flexibility index (Phi) is 7.49. The van der Waals surface area contributed by atoms with Gasteiger partial charge >= 0.3 is 0 Å². The fourth-order valence-corrected chi connectivity index (χ4v) is 1.50. The average molecular weight is 245 g/mol. The highest BCUT2D eigenvalue weighted by atomic mass is 19.1. The third kappa shape index (κ3) is 5.60. The summed E-state index contributed by atoms with van der Waals surface area (Å²) in [5.74, 6) is 0. The van der Waals surface area contributed by atoms with Crippen molar-refractivity contribution in [1.82, 2.24) is 5.32 Å². The van der Waals surface area contributed by atoms with Crippen LogP contribution in [-0.2, 0) is 0 Å². The molecule has 0 spiro atoms. The predicted molar refractivity (Wildman–Crippen MR) is 76.1 cm³/mol. The Morgan fingerprint density at radius 2 is 1.28 bits per heavy atom. The molecule has 0 aromatic heterocycles. The summed E-state index contributed by atoms with van der Waals surface area (Å²) in [6.07, 6.45) is 1.00. The van der Waals surface area contributed by atoms with Crippen LogP contribution in [0.15, 0.2) is 60.7 Å². The summed E-state index contributed by atoms with van der Waals surface area (Å²) >= 11 is 0. The van der Waals surface area contributed by atoms with Gasteiger partial charge in [-0.2, -0.15) is 0 Å². The van der Waals surface area contributed by atoms with Crippen LogP contribution in [0.3, 0.4) is 0 Å². The molecule has 0 heterocycles. The summed E-state index contributed by atoms with van der Waals surface area (Å²) in [5.41, 5.74) is 2.55. The molecule has 0 saturated carbocycles. The number of alkyl halides is 1. The lowest BCUT2D eigenvalue weighted by Crippen LogP contribution is -2.11. The molecule has 0 aliphatic heterocycles.